The van der Waals surface area contributed by atoms with Crippen molar-refractivity contribution >= 4 is 5.97 Å². The van der Waals surface area contributed by atoms with Gasteiger partial charge in [0.25, 0.3) is 0 Å². The maximum absolute atomic E-state index is 11.2. The van der Waals surface area contributed by atoms with Crippen LogP contribution >= 0.6 is 0 Å². The number of carbonyl (C=O) groups excluding carboxylic acids is 1. The van der Waals surface area contributed by atoms with Gasteiger partial charge in [-0.3, -0.25) is 10.1 Å². The van der Waals surface area contributed by atoms with E-state index >= 15 is 0 Å². The molecule has 6 heteroatoms. The van der Waals surface area contributed by atoms with Crippen LogP contribution in [0.15, 0.2) is 18.2 Å². The first kappa shape index (κ1) is 13.7. The van der Waals surface area contributed by atoms with Crippen molar-refractivity contribution in [3.63, 3.8) is 0 Å². The molecule has 0 radical (unpaired) electrons. The fraction of sp³-hybridized carbons (Fsp3) is 0.467. The molecule has 1 fully saturated rings. The third-order valence-corrected chi connectivity index (χ3v) is 3.93. The molecule has 1 aromatic carbocycles. The molecule has 0 aliphatic carbocycles. The van der Waals surface area contributed by atoms with Crippen LogP contribution in [0.3, 0.4) is 0 Å². The van der Waals surface area contributed by atoms with E-state index in [9.17, 15) is 10.1 Å². The molecule has 1 aromatic rings. The van der Waals surface area contributed by atoms with Gasteiger partial charge >= 0.3 is 5.97 Å². The molecule has 0 amide bonds. The summed E-state index contributed by atoms with van der Waals surface area (Å²) in [5.74, 6) is 1.03. The molecule has 6 nitrogen and oxygen atoms in total. The molecule has 0 aromatic heterocycles. The van der Waals surface area contributed by atoms with Gasteiger partial charge in [-0.2, -0.15) is 5.26 Å². The standard InChI is InChI=1S/C15H16N2O4/c1-8-14(17-11(6-16)15(8)21-9(2)18)10-3-4-12-13(5-10)20-7-19-12/h3-5,8,11,14-15,17H,7H2,1-2H3/t8-,11+,14+,15-/m1/s1. The minimum atomic E-state index is -0.515. The molecule has 1 N–H and O–H groups in total. The number of nitrogens with zero attached hydrogens (tertiary/aromatic N) is 1. The van der Waals surface area contributed by atoms with E-state index in [1.807, 2.05) is 25.1 Å². The Morgan fingerprint density at radius 1 is 1.43 bits per heavy atom. The lowest BCUT2D eigenvalue weighted by atomic mass is 9.93. The summed E-state index contributed by atoms with van der Waals surface area (Å²) < 4.78 is 16.0. The van der Waals surface area contributed by atoms with E-state index in [1.54, 1.807) is 0 Å². The third-order valence-electron chi connectivity index (χ3n) is 3.93. The van der Waals surface area contributed by atoms with Crippen molar-refractivity contribution in [2.24, 2.45) is 5.92 Å². The Hall–Kier alpha value is -2.26. The average molecular weight is 288 g/mol. The van der Waals surface area contributed by atoms with Crippen LogP contribution in [0.25, 0.3) is 0 Å². The van der Waals surface area contributed by atoms with Gasteiger partial charge in [0, 0.05) is 18.9 Å². The number of fused-ring (bicyclic) bond motifs is 1. The highest BCUT2D eigenvalue weighted by Crippen LogP contribution is 2.39. The van der Waals surface area contributed by atoms with Crippen molar-refractivity contribution in [2.45, 2.75) is 32.0 Å². The Morgan fingerprint density at radius 3 is 2.90 bits per heavy atom. The monoisotopic (exact) mass is 288 g/mol. The van der Waals surface area contributed by atoms with Gasteiger partial charge in [-0.25, -0.2) is 0 Å². The number of hydrogen-bond acceptors (Lipinski definition) is 6. The van der Waals surface area contributed by atoms with E-state index in [0.29, 0.717) is 5.75 Å². The van der Waals surface area contributed by atoms with Gasteiger partial charge in [0.1, 0.15) is 12.1 Å². The number of nitrogens with one attached hydrogen (secondary N) is 1. The van der Waals surface area contributed by atoms with Crippen molar-refractivity contribution in [1.29, 1.82) is 5.26 Å². The van der Waals surface area contributed by atoms with Gasteiger partial charge in [0.05, 0.1) is 6.07 Å². The van der Waals surface area contributed by atoms with Gasteiger partial charge in [0.15, 0.2) is 11.5 Å². The topological polar surface area (TPSA) is 80.6 Å². The number of nitriles is 1. The zero-order valence-corrected chi connectivity index (χ0v) is 11.8. The highest BCUT2D eigenvalue weighted by atomic mass is 16.7. The Morgan fingerprint density at radius 2 is 2.19 bits per heavy atom. The molecule has 2 heterocycles. The van der Waals surface area contributed by atoms with Crippen LogP contribution in [-0.4, -0.2) is 24.9 Å². The summed E-state index contributed by atoms with van der Waals surface area (Å²) in [6, 6.07) is 7.26. The molecule has 2 aliphatic rings. The van der Waals surface area contributed by atoms with Crippen LogP contribution in [0.4, 0.5) is 0 Å². The highest BCUT2D eigenvalue weighted by molar-refractivity contribution is 5.66. The number of ether oxygens (including phenoxy) is 3. The highest BCUT2D eigenvalue weighted by Gasteiger charge is 2.43. The molecule has 2 aliphatic heterocycles. The van der Waals surface area contributed by atoms with Crippen LogP contribution in [0.5, 0.6) is 11.5 Å². The second-order valence-electron chi connectivity index (χ2n) is 5.30. The van der Waals surface area contributed by atoms with Crippen molar-refractivity contribution in [2.75, 3.05) is 6.79 Å². The lowest BCUT2D eigenvalue weighted by Crippen LogP contribution is -2.33. The van der Waals surface area contributed by atoms with Crippen LogP contribution < -0.4 is 14.8 Å². The summed E-state index contributed by atoms with van der Waals surface area (Å²) >= 11 is 0. The molecular weight excluding hydrogens is 272 g/mol. The molecule has 4 atom stereocenters. The number of benzene rings is 1. The third kappa shape index (κ3) is 2.41. The van der Waals surface area contributed by atoms with Crippen molar-refractivity contribution in [3.8, 4) is 17.6 Å². The van der Waals surface area contributed by atoms with Gasteiger partial charge in [0.2, 0.25) is 6.79 Å². The van der Waals surface area contributed by atoms with Gasteiger partial charge in [-0.1, -0.05) is 13.0 Å². The summed E-state index contributed by atoms with van der Waals surface area (Å²) in [5, 5.41) is 12.5. The SMILES string of the molecule is CC(=O)O[C@@H]1[C@H](C)[C@@H](c2ccc3c(c2)OCO3)N[C@H]1C#N. The van der Waals surface area contributed by atoms with E-state index in [1.165, 1.54) is 6.92 Å². The molecule has 1 saturated heterocycles. The van der Waals surface area contributed by atoms with Gasteiger partial charge in [-0.05, 0) is 17.7 Å². The lowest BCUT2D eigenvalue weighted by Gasteiger charge is -2.20. The zero-order valence-electron chi connectivity index (χ0n) is 11.8. The molecule has 0 saturated carbocycles. The summed E-state index contributed by atoms with van der Waals surface area (Å²) in [4.78, 5) is 11.2. The smallest absolute Gasteiger partial charge is 0.303 e. The number of hydrogen-bond donors (Lipinski definition) is 1. The Bertz CT molecular complexity index is 610. The molecule has 3 rings (SSSR count). The van der Waals surface area contributed by atoms with E-state index in [2.05, 4.69) is 11.4 Å². The van der Waals surface area contributed by atoms with Crippen LogP contribution in [0, 0.1) is 17.2 Å². The predicted molar refractivity (Wildman–Crippen MR) is 72.6 cm³/mol. The van der Waals surface area contributed by atoms with E-state index in [-0.39, 0.29) is 24.7 Å². The molecule has 110 valence electrons. The number of rotatable bonds is 2. The number of esters is 1. The van der Waals surface area contributed by atoms with Gasteiger partial charge in [-0.15, -0.1) is 0 Å². The summed E-state index contributed by atoms with van der Waals surface area (Å²) in [7, 11) is 0. The first-order valence-electron chi connectivity index (χ1n) is 6.82. The molecule has 21 heavy (non-hydrogen) atoms. The second-order valence-corrected chi connectivity index (χ2v) is 5.30. The normalized spacial score (nSPS) is 30.0. The summed E-state index contributed by atoms with van der Waals surface area (Å²) in [6.45, 7) is 3.55. The Kier molecular flexibility index (Phi) is 3.43. The molecule has 0 spiro atoms. The van der Waals surface area contributed by atoms with Crippen molar-refractivity contribution in [3.05, 3.63) is 23.8 Å². The fourth-order valence-corrected chi connectivity index (χ4v) is 2.92. The van der Waals surface area contributed by atoms with Crippen LogP contribution in [0.1, 0.15) is 25.5 Å². The maximum atomic E-state index is 11.2. The van der Waals surface area contributed by atoms with Crippen LogP contribution in [0.2, 0.25) is 0 Å². The maximum Gasteiger partial charge on any atom is 0.303 e. The number of carbonyl (C=O) groups is 1. The quantitative estimate of drug-likeness (QED) is 0.831. The zero-order chi connectivity index (χ0) is 15.0. The first-order chi connectivity index (χ1) is 10.1. The van der Waals surface area contributed by atoms with Crippen molar-refractivity contribution < 1.29 is 19.0 Å². The van der Waals surface area contributed by atoms with E-state index in [4.69, 9.17) is 14.2 Å². The lowest BCUT2D eigenvalue weighted by molar-refractivity contribution is -0.148. The summed E-state index contributed by atoms with van der Waals surface area (Å²) in [5.41, 5.74) is 0.988. The second kappa shape index (κ2) is 5.26. The van der Waals surface area contributed by atoms with E-state index < -0.39 is 12.1 Å². The minimum absolute atomic E-state index is 0.0149. The van der Waals surface area contributed by atoms with Crippen LogP contribution in [-0.2, 0) is 9.53 Å². The molecular formula is C15H16N2O4. The summed E-state index contributed by atoms with van der Waals surface area (Å²) in [6.07, 6.45) is -0.456. The first-order valence-corrected chi connectivity index (χ1v) is 6.82. The van der Waals surface area contributed by atoms with E-state index in [0.717, 1.165) is 11.3 Å². The predicted octanol–water partition coefficient (Wildman–Crippen LogP) is 1.52. The largest absolute Gasteiger partial charge is 0.459 e. The van der Waals surface area contributed by atoms with Gasteiger partial charge < -0.3 is 14.2 Å². The fourth-order valence-electron chi connectivity index (χ4n) is 2.92. The average Bonchev–Trinajstić information content (AvgIpc) is 3.03. The Labute approximate surface area is 122 Å². The Balaban J connectivity index is 1.86. The minimum Gasteiger partial charge on any atom is -0.459 e. The van der Waals surface area contributed by atoms with Crippen molar-refractivity contribution in [1.82, 2.24) is 5.32 Å². The molecule has 0 bridgehead atoms. The molecule has 0 unspecified atom stereocenters.